The molecule has 0 aromatic rings. The summed E-state index contributed by atoms with van der Waals surface area (Å²) in [7, 11) is 1.60. The van der Waals surface area contributed by atoms with E-state index >= 15 is 0 Å². The predicted molar refractivity (Wildman–Crippen MR) is 58.7 cm³/mol. The van der Waals surface area contributed by atoms with Crippen molar-refractivity contribution in [3.63, 3.8) is 0 Å². The first kappa shape index (κ1) is 13.1. The number of carbonyl (C=O) groups is 1. The van der Waals surface area contributed by atoms with Crippen LogP contribution in [0.4, 0.5) is 0 Å². The first-order chi connectivity index (χ1) is 6.31. The maximum Gasteiger partial charge on any atom is 0.245 e. The van der Waals surface area contributed by atoms with Gasteiger partial charge in [0.05, 0.1) is 6.61 Å². The molecule has 1 amide bonds. The van der Waals surface area contributed by atoms with Gasteiger partial charge in [0.1, 0.15) is 29.6 Å². The van der Waals surface area contributed by atoms with E-state index in [1.165, 1.54) is 0 Å². The summed E-state index contributed by atoms with van der Waals surface area (Å²) in [6.45, 7) is 1.60. The van der Waals surface area contributed by atoms with Crippen LogP contribution in [0.3, 0.4) is 0 Å². The molecule has 0 saturated heterocycles. The molecular weight excluding hydrogens is 285 g/mol. The number of amides is 1. The number of nitrogens with one attached hydrogen (secondary N) is 1. The molecule has 0 aromatic carbocycles. The second kappa shape index (κ2) is 10.2. The second-order valence-electron chi connectivity index (χ2n) is 2.60. The molecule has 0 atom stereocenters. The SMILES string of the molecule is CNC(=O)COCCCCCOI. The van der Waals surface area contributed by atoms with E-state index < -0.39 is 0 Å². The van der Waals surface area contributed by atoms with Gasteiger partial charge in [-0.2, -0.15) is 0 Å². The average molecular weight is 301 g/mol. The summed E-state index contributed by atoms with van der Waals surface area (Å²) in [6, 6.07) is 0. The van der Waals surface area contributed by atoms with Crippen LogP contribution in [-0.4, -0.2) is 32.8 Å². The van der Waals surface area contributed by atoms with Crippen molar-refractivity contribution in [2.24, 2.45) is 0 Å². The van der Waals surface area contributed by atoms with Crippen molar-refractivity contribution in [3.8, 4) is 0 Å². The van der Waals surface area contributed by atoms with Gasteiger partial charge in [-0.3, -0.25) is 4.79 Å². The van der Waals surface area contributed by atoms with Gasteiger partial charge in [0.15, 0.2) is 0 Å². The van der Waals surface area contributed by atoms with Crippen LogP contribution in [0.1, 0.15) is 19.3 Å². The summed E-state index contributed by atoms with van der Waals surface area (Å²) in [6.07, 6.45) is 3.11. The Bertz CT molecular complexity index is 133. The minimum atomic E-state index is -0.0735. The molecular formula is C8H16INO3. The molecule has 0 heterocycles. The Morgan fingerprint density at radius 1 is 1.31 bits per heavy atom. The van der Waals surface area contributed by atoms with Crippen LogP contribution < -0.4 is 5.32 Å². The fraction of sp³-hybridized carbons (Fsp3) is 0.875. The molecule has 0 radical (unpaired) electrons. The predicted octanol–water partition coefficient (Wildman–Crippen LogP) is 1.29. The molecule has 0 unspecified atom stereocenters. The van der Waals surface area contributed by atoms with Crippen molar-refractivity contribution in [2.75, 3.05) is 26.9 Å². The molecule has 5 heteroatoms. The number of hydrogen-bond acceptors (Lipinski definition) is 3. The maximum atomic E-state index is 10.7. The van der Waals surface area contributed by atoms with E-state index in [-0.39, 0.29) is 12.5 Å². The number of likely N-dealkylation sites (N-methyl/N-ethyl adjacent to an activating group) is 1. The Labute approximate surface area is 93.0 Å². The normalized spacial score (nSPS) is 10.0. The third-order valence-electron chi connectivity index (χ3n) is 1.52. The Morgan fingerprint density at radius 3 is 2.62 bits per heavy atom. The average Bonchev–Trinajstić information content (AvgIpc) is 2.16. The lowest BCUT2D eigenvalue weighted by Crippen LogP contribution is -2.23. The van der Waals surface area contributed by atoms with Gasteiger partial charge in [-0.25, -0.2) is 0 Å². The van der Waals surface area contributed by atoms with Crippen molar-refractivity contribution in [1.82, 2.24) is 5.32 Å². The van der Waals surface area contributed by atoms with E-state index in [2.05, 4.69) is 5.32 Å². The quantitative estimate of drug-likeness (QED) is 0.543. The Morgan fingerprint density at radius 2 is 2.00 bits per heavy atom. The minimum Gasteiger partial charge on any atom is -0.372 e. The number of halogens is 1. The fourth-order valence-electron chi connectivity index (χ4n) is 0.775. The van der Waals surface area contributed by atoms with Gasteiger partial charge in [-0.05, 0) is 19.3 Å². The van der Waals surface area contributed by atoms with E-state index in [4.69, 9.17) is 7.80 Å². The molecule has 1 N–H and O–H groups in total. The Kier molecular flexibility index (Phi) is 10.3. The first-order valence-electron chi connectivity index (χ1n) is 4.33. The van der Waals surface area contributed by atoms with Crippen molar-refractivity contribution >= 4 is 28.9 Å². The zero-order valence-electron chi connectivity index (χ0n) is 7.85. The number of hydrogen-bond donors (Lipinski definition) is 1. The van der Waals surface area contributed by atoms with Crippen molar-refractivity contribution in [2.45, 2.75) is 19.3 Å². The zero-order chi connectivity index (χ0) is 9.94. The van der Waals surface area contributed by atoms with Crippen LogP contribution >= 0.6 is 23.0 Å². The maximum absolute atomic E-state index is 10.7. The van der Waals surface area contributed by atoms with Crippen LogP contribution in [-0.2, 0) is 12.6 Å². The lowest BCUT2D eigenvalue weighted by Gasteiger charge is -2.02. The summed E-state index contributed by atoms with van der Waals surface area (Å²) >= 11 is 1.89. The monoisotopic (exact) mass is 301 g/mol. The molecule has 78 valence electrons. The molecule has 0 aliphatic heterocycles. The largest absolute Gasteiger partial charge is 0.372 e. The molecule has 13 heavy (non-hydrogen) atoms. The summed E-state index contributed by atoms with van der Waals surface area (Å²) in [5.74, 6) is -0.0735. The van der Waals surface area contributed by atoms with Gasteiger partial charge in [0, 0.05) is 13.7 Å². The van der Waals surface area contributed by atoms with E-state index in [9.17, 15) is 4.79 Å². The van der Waals surface area contributed by atoms with Gasteiger partial charge in [-0.1, -0.05) is 0 Å². The van der Waals surface area contributed by atoms with Gasteiger partial charge in [-0.15, -0.1) is 0 Å². The Balaban J connectivity index is 2.95. The van der Waals surface area contributed by atoms with Gasteiger partial charge in [0.25, 0.3) is 0 Å². The lowest BCUT2D eigenvalue weighted by molar-refractivity contribution is -0.125. The Hall–Kier alpha value is 0.120. The highest BCUT2D eigenvalue weighted by Crippen LogP contribution is 1.98. The minimum absolute atomic E-state index is 0.0735. The van der Waals surface area contributed by atoms with Crippen molar-refractivity contribution in [1.29, 1.82) is 0 Å². The molecule has 0 aliphatic rings. The number of carbonyl (C=O) groups excluding carboxylic acids is 1. The van der Waals surface area contributed by atoms with Crippen LogP contribution in [0.5, 0.6) is 0 Å². The summed E-state index contributed by atoms with van der Waals surface area (Å²) < 4.78 is 9.98. The fourth-order valence-corrected chi connectivity index (χ4v) is 1.09. The third kappa shape index (κ3) is 10.0. The molecule has 0 rings (SSSR count). The number of rotatable bonds is 8. The van der Waals surface area contributed by atoms with Crippen molar-refractivity contribution < 1.29 is 12.6 Å². The molecule has 4 nitrogen and oxygen atoms in total. The van der Waals surface area contributed by atoms with E-state index in [0.717, 1.165) is 25.9 Å². The summed E-state index contributed by atoms with van der Waals surface area (Å²) in [5, 5.41) is 2.49. The van der Waals surface area contributed by atoms with Crippen LogP contribution in [0.2, 0.25) is 0 Å². The number of unbranched alkanes of at least 4 members (excludes halogenated alkanes) is 2. The topological polar surface area (TPSA) is 47.6 Å². The third-order valence-corrected chi connectivity index (χ3v) is 1.96. The smallest absolute Gasteiger partial charge is 0.245 e. The first-order valence-corrected chi connectivity index (χ1v) is 5.21. The summed E-state index contributed by atoms with van der Waals surface area (Å²) in [4.78, 5) is 10.7. The summed E-state index contributed by atoms with van der Waals surface area (Å²) in [5.41, 5.74) is 0. The molecule has 0 saturated carbocycles. The highest BCUT2D eigenvalue weighted by molar-refractivity contribution is 14.1. The van der Waals surface area contributed by atoms with Crippen molar-refractivity contribution in [3.05, 3.63) is 0 Å². The van der Waals surface area contributed by atoms with Gasteiger partial charge in [0.2, 0.25) is 5.91 Å². The molecule has 0 aromatic heterocycles. The molecule has 0 fully saturated rings. The van der Waals surface area contributed by atoms with Gasteiger partial charge >= 0.3 is 0 Å². The molecule has 0 spiro atoms. The molecule has 0 bridgehead atoms. The van der Waals surface area contributed by atoms with E-state index in [0.29, 0.717) is 6.61 Å². The van der Waals surface area contributed by atoms with Crippen LogP contribution in [0.15, 0.2) is 0 Å². The number of ether oxygens (including phenoxy) is 1. The highest BCUT2D eigenvalue weighted by Gasteiger charge is 1.96. The second-order valence-corrected chi connectivity index (χ2v) is 3.22. The zero-order valence-corrected chi connectivity index (χ0v) is 10.0. The molecule has 0 aliphatic carbocycles. The van der Waals surface area contributed by atoms with Crippen LogP contribution in [0.25, 0.3) is 0 Å². The highest BCUT2D eigenvalue weighted by atomic mass is 127. The van der Waals surface area contributed by atoms with E-state index in [1.54, 1.807) is 7.05 Å². The van der Waals surface area contributed by atoms with Crippen LogP contribution in [0, 0.1) is 0 Å². The lowest BCUT2D eigenvalue weighted by atomic mass is 10.2. The van der Waals surface area contributed by atoms with Gasteiger partial charge < -0.3 is 13.1 Å². The van der Waals surface area contributed by atoms with E-state index in [1.807, 2.05) is 23.0 Å². The standard InChI is InChI=1S/C8H16INO3/c1-10-8(11)7-12-5-3-2-4-6-13-9/h2-7H2,1H3,(H,10,11).